The fourth-order valence-corrected chi connectivity index (χ4v) is 4.67. The number of methoxy groups -OCH3 is 1. The summed E-state index contributed by atoms with van der Waals surface area (Å²) in [6.07, 6.45) is -1.15. The number of nitrogens with zero attached hydrogens (tertiary/aromatic N) is 1. The van der Waals surface area contributed by atoms with Crippen LogP contribution < -0.4 is 9.47 Å². The molecule has 0 amide bonds. The summed E-state index contributed by atoms with van der Waals surface area (Å²) in [5, 5.41) is 0. The van der Waals surface area contributed by atoms with Crippen molar-refractivity contribution in [3.63, 3.8) is 0 Å². The van der Waals surface area contributed by atoms with Crippen LogP contribution in [-0.4, -0.2) is 59.5 Å². The van der Waals surface area contributed by atoms with Crippen molar-refractivity contribution in [3.8, 4) is 22.8 Å². The molecule has 1 aliphatic rings. The molecule has 4 atom stereocenters. The quantitative estimate of drug-likeness (QED) is 0.438. The summed E-state index contributed by atoms with van der Waals surface area (Å²) in [4.78, 5) is 39.3. The maximum absolute atomic E-state index is 11.8. The van der Waals surface area contributed by atoms with Crippen LogP contribution >= 0.6 is 11.8 Å². The van der Waals surface area contributed by atoms with E-state index < -0.39 is 41.7 Å². The average molecular weight is 476 g/mol. The van der Waals surface area contributed by atoms with E-state index in [1.54, 1.807) is 25.4 Å². The molecule has 1 aliphatic heterocycles. The number of pyridine rings is 1. The molecule has 0 unspecified atom stereocenters. The van der Waals surface area contributed by atoms with Crippen LogP contribution in [0.25, 0.3) is 11.1 Å². The molecule has 0 N–H and O–H groups in total. The normalized spacial score (nSPS) is 22.1. The lowest BCUT2D eigenvalue weighted by Gasteiger charge is -2.39. The largest absolute Gasteiger partial charge is 0.481 e. The Balaban J connectivity index is 1.89. The molecule has 0 spiro atoms. The van der Waals surface area contributed by atoms with Gasteiger partial charge in [0.25, 0.3) is 0 Å². The Labute approximate surface area is 195 Å². The van der Waals surface area contributed by atoms with E-state index in [1.165, 1.54) is 32.5 Å². The molecular weight excluding hydrogens is 450 g/mol. The first-order valence-corrected chi connectivity index (χ1v) is 11.2. The molecule has 0 aliphatic carbocycles. The number of hydrogen-bond donors (Lipinski definition) is 0. The second-order valence-electron chi connectivity index (χ2n) is 7.20. The fraction of sp³-hybridized carbons (Fsp3) is 0.391. The second-order valence-corrected chi connectivity index (χ2v) is 8.33. The van der Waals surface area contributed by atoms with Crippen molar-refractivity contribution in [1.29, 1.82) is 0 Å². The van der Waals surface area contributed by atoms with Gasteiger partial charge in [-0.3, -0.25) is 14.4 Å². The van der Waals surface area contributed by atoms with Gasteiger partial charge in [-0.2, -0.15) is 0 Å². The summed E-state index contributed by atoms with van der Waals surface area (Å²) in [5.41, 5.74) is 0.888. The summed E-state index contributed by atoms with van der Waals surface area (Å²) >= 11 is 1.29. The van der Waals surface area contributed by atoms with Crippen LogP contribution in [0.5, 0.6) is 11.6 Å². The van der Waals surface area contributed by atoms with E-state index in [1.807, 2.05) is 24.3 Å². The zero-order valence-electron chi connectivity index (χ0n) is 18.7. The maximum Gasteiger partial charge on any atom is 0.303 e. The summed E-state index contributed by atoms with van der Waals surface area (Å²) in [6, 6.07) is 11.0. The third-order valence-corrected chi connectivity index (χ3v) is 5.88. The topological polar surface area (TPSA) is 110 Å². The number of carbonyl (C=O) groups is 3. The number of aromatic nitrogens is 1. The Hall–Kier alpha value is -3.27. The lowest BCUT2D eigenvalue weighted by Crippen LogP contribution is -2.55. The van der Waals surface area contributed by atoms with Crippen molar-refractivity contribution in [2.45, 2.75) is 44.5 Å². The van der Waals surface area contributed by atoms with E-state index in [2.05, 4.69) is 4.98 Å². The van der Waals surface area contributed by atoms with E-state index in [9.17, 15) is 14.4 Å². The molecule has 0 saturated carbocycles. The Kier molecular flexibility index (Phi) is 8.16. The highest BCUT2D eigenvalue weighted by Crippen LogP contribution is 2.36. The van der Waals surface area contributed by atoms with Gasteiger partial charge < -0.3 is 23.7 Å². The highest BCUT2D eigenvalue weighted by atomic mass is 32.2. The lowest BCUT2D eigenvalue weighted by molar-refractivity contribution is -0.186. The summed E-state index contributed by atoms with van der Waals surface area (Å²) in [7, 11) is 1.54. The second kappa shape index (κ2) is 11.0. The van der Waals surface area contributed by atoms with Gasteiger partial charge in [0.2, 0.25) is 5.88 Å². The standard InChI is InChI=1S/C23H25NO8S/c1-13(25)29-19-12-33-23(21(31-15(3)27)20(19)30-14(2)26)32-17-8-5-7-16(11-17)18-9-6-10-24-22(18)28-4/h5-11,19-21,23H,12H2,1-4H3/t19-,20+,21-,23+/m1/s1. The van der Waals surface area contributed by atoms with Crippen LogP contribution in [0.3, 0.4) is 0 Å². The minimum Gasteiger partial charge on any atom is -0.481 e. The van der Waals surface area contributed by atoms with Gasteiger partial charge >= 0.3 is 17.9 Å². The van der Waals surface area contributed by atoms with Gasteiger partial charge in [-0.15, -0.1) is 11.8 Å². The number of carbonyl (C=O) groups excluding carboxylic acids is 3. The Morgan fingerprint density at radius 3 is 2.30 bits per heavy atom. The minimum absolute atomic E-state index is 0.288. The molecule has 3 rings (SSSR count). The summed E-state index contributed by atoms with van der Waals surface area (Å²) in [5.74, 6) is -0.443. The number of rotatable bonds is 7. The molecule has 1 aromatic heterocycles. The smallest absolute Gasteiger partial charge is 0.303 e. The Morgan fingerprint density at radius 2 is 1.64 bits per heavy atom. The summed E-state index contributed by atoms with van der Waals surface area (Å²) in [6.45, 7) is 3.74. The number of hydrogen-bond acceptors (Lipinski definition) is 10. The van der Waals surface area contributed by atoms with Crippen molar-refractivity contribution in [1.82, 2.24) is 4.98 Å². The van der Waals surface area contributed by atoms with Gasteiger partial charge in [0.05, 0.1) is 7.11 Å². The molecule has 176 valence electrons. The van der Waals surface area contributed by atoms with Gasteiger partial charge in [-0.25, -0.2) is 4.98 Å². The molecule has 10 heteroatoms. The maximum atomic E-state index is 11.8. The number of esters is 3. The van der Waals surface area contributed by atoms with Crippen molar-refractivity contribution < 1.29 is 38.1 Å². The number of thioether (sulfide) groups is 1. The van der Waals surface area contributed by atoms with Gasteiger partial charge in [-0.1, -0.05) is 12.1 Å². The van der Waals surface area contributed by atoms with Crippen molar-refractivity contribution in [3.05, 3.63) is 42.6 Å². The fourth-order valence-electron chi connectivity index (χ4n) is 3.45. The molecule has 9 nitrogen and oxygen atoms in total. The van der Waals surface area contributed by atoms with E-state index in [0.717, 1.165) is 11.1 Å². The summed E-state index contributed by atoms with van der Waals surface area (Å²) < 4.78 is 27.7. The molecule has 33 heavy (non-hydrogen) atoms. The molecule has 2 aromatic rings. The number of ether oxygens (including phenoxy) is 5. The van der Waals surface area contributed by atoms with Gasteiger partial charge in [0, 0.05) is 38.3 Å². The Bertz CT molecular complexity index is 1010. The lowest BCUT2D eigenvalue weighted by atomic mass is 10.1. The van der Waals surface area contributed by atoms with Crippen LogP contribution in [0.15, 0.2) is 42.6 Å². The van der Waals surface area contributed by atoms with Gasteiger partial charge in [-0.05, 0) is 29.8 Å². The van der Waals surface area contributed by atoms with Crippen molar-refractivity contribution in [2.75, 3.05) is 12.9 Å². The van der Waals surface area contributed by atoms with Crippen LogP contribution in [0, 0.1) is 0 Å². The predicted molar refractivity (Wildman–Crippen MR) is 120 cm³/mol. The van der Waals surface area contributed by atoms with Crippen molar-refractivity contribution >= 4 is 29.7 Å². The van der Waals surface area contributed by atoms with Crippen molar-refractivity contribution in [2.24, 2.45) is 0 Å². The van der Waals surface area contributed by atoms with Gasteiger partial charge in [0.1, 0.15) is 5.75 Å². The first kappa shape index (κ1) is 24.4. The molecule has 0 radical (unpaired) electrons. The van der Waals surface area contributed by atoms with Crippen LogP contribution in [0.4, 0.5) is 0 Å². The van der Waals surface area contributed by atoms with E-state index >= 15 is 0 Å². The molecule has 1 aromatic carbocycles. The van der Waals surface area contributed by atoms with Crippen LogP contribution in [0.1, 0.15) is 20.8 Å². The third kappa shape index (κ3) is 6.38. The first-order valence-electron chi connectivity index (χ1n) is 10.2. The van der Waals surface area contributed by atoms with Gasteiger partial charge in [0.15, 0.2) is 23.7 Å². The number of benzene rings is 1. The van der Waals surface area contributed by atoms with E-state index in [0.29, 0.717) is 11.6 Å². The molecule has 2 heterocycles. The van der Waals surface area contributed by atoms with E-state index in [4.69, 9.17) is 23.7 Å². The SMILES string of the molecule is COc1ncccc1-c1cccc(O[C@H]2SC[C@@H](OC(C)=O)[C@H](OC(C)=O)[C@H]2OC(C)=O)c1. The van der Waals surface area contributed by atoms with E-state index in [-0.39, 0.29) is 5.75 Å². The van der Waals surface area contributed by atoms with Crippen LogP contribution in [0.2, 0.25) is 0 Å². The predicted octanol–water partition coefficient (Wildman–Crippen LogP) is 3.00. The Morgan fingerprint density at radius 1 is 0.939 bits per heavy atom. The minimum atomic E-state index is -1.01. The molecule has 1 saturated heterocycles. The average Bonchev–Trinajstić information content (AvgIpc) is 2.77. The highest BCUT2D eigenvalue weighted by Gasteiger charge is 2.47. The molecular formula is C23H25NO8S. The molecule has 0 bridgehead atoms. The highest BCUT2D eigenvalue weighted by molar-refractivity contribution is 7.99. The zero-order valence-corrected chi connectivity index (χ0v) is 19.5. The van der Waals surface area contributed by atoms with Crippen LogP contribution in [-0.2, 0) is 28.6 Å². The first-order chi connectivity index (χ1) is 15.8. The zero-order chi connectivity index (χ0) is 24.0. The molecule has 1 fully saturated rings. The third-order valence-electron chi connectivity index (χ3n) is 4.67. The monoisotopic (exact) mass is 475 g/mol.